The summed E-state index contributed by atoms with van der Waals surface area (Å²) in [6, 6.07) is 6.11. The molecule has 10 heteroatoms. The predicted molar refractivity (Wildman–Crippen MR) is 106 cm³/mol. The Labute approximate surface area is 174 Å². The number of benzene rings is 1. The standard InChI is InChI=1S/C20H23N3O6S/c24-19(23-25)20(7-9-28-10-8-20)30(26,27)16-5-3-15(4-6-16)17-11-22-18(12-21-17)29-13-14-1-2-14/h3-6,11-12,14,25H,1-2,7-10,13H2,(H,23,24). The maximum atomic E-state index is 13.3. The molecular weight excluding hydrogens is 410 g/mol. The number of nitrogens with one attached hydrogen (secondary N) is 1. The van der Waals surface area contributed by atoms with E-state index in [1.165, 1.54) is 30.5 Å². The van der Waals surface area contributed by atoms with E-state index in [1.54, 1.807) is 24.5 Å². The van der Waals surface area contributed by atoms with Crippen LogP contribution in [0.1, 0.15) is 25.7 Å². The van der Waals surface area contributed by atoms with Crippen molar-refractivity contribution in [1.82, 2.24) is 15.4 Å². The van der Waals surface area contributed by atoms with Gasteiger partial charge in [-0.2, -0.15) is 0 Å². The van der Waals surface area contributed by atoms with Gasteiger partial charge in [0.2, 0.25) is 5.88 Å². The van der Waals surface area contributed by atoms with E-state index in [-0.39, 0.29) is 31.0 Å². The first-order chi connectivity index (χ1) is 14.5. The van der Waals surface area contributed by atoms with Gasteiger partial charge >= 0.3 is 0 Å². The summed E-state index contributed by atoms with van der Waals surface area (Å²) in [4.78, 5) is 20.9. The van der Waals surface area contributed by atoms with E-state index < -0.39 is 20.5 Å². The largest absolute Gasteiger partial charge is 0.476 e. The fraction of sp³-hybridized carbons (Fsp3) is 0.450. The van der Waals surface area contributed by atoms with E-state index in [0.717, 1.165) is 0 Å². The van der Waals surface area contributed by atoms with Gasteiger partial charge in [-0.05, 0) is 43.7 Å². The van der Waals surface area contributed by atoms with Crippen molar-refractivity contribution in [3.63, 3.8) is 0 Å². The minimum Gasteiger partial charge on any atom is -0.476 e. The van der Waals surface area contributed by atoms with E-state index in [2.05, 4.69) is 9.97 Å². The predicted octanol–water partition coefficient (Wildman–Crippen LogP) is 1.76. The van der Waals surface area contributed by atoms with Crippen molar-refractivity contribution in [1.29, 1.82) is 0 Å². The van der Waals surface area contributed by atoms with Crippen LogP contribution in [0.15, 0.2) is 41.6 Å². The second-order valence-electron chi connectivity index (χ2n) is 7.57. The molecule has 1 aromatic carbocycles. The van der Waals surface area contributed by atoms with Gasteiger partial charge in [-0.25, -0.2) is 23.9 Å². The first-order valence-electron chi connectivity index (χ1n) is 9.78. The maximum absolute atomic E-state index is 13.3. The molecule has 9 nitrogen and oxygen atoms in total. The molecule has 160 valence electrons. The molecule has 0 atom stereocenters. The molecule has 2 N–H and O–H groups in total. The number of nitrogens with zero attached hydrogens (tertiary/aromatic N) is 2. The van der Waals surface area contributed by atoms with E-state index in [4.69, 9.17) is 14.7 Å². The third-order valence-corrected chi connectivity index (χ3v) is 8.10. The molecule has 1 aromatic heterocycles. The summed E-state index contributed by atoms with van der Waals surface area (Å²) in [6.07, 6.45) is 5.44. The van der Waals surface area contributed by atoms with Crippen LogP contribution < -0.4 is 10.2 Å². The third-order valence-electron chi connectivity index (χ3n) is 5.58. The Morgan fingerprint density at radius 3 is 2.43 bits per heavy atom. The van der Waals surface area contributed by atoms with Crippen molar-refractivity contribution >= 4 is 15.7 Å². The Kier molecular flexibility index (Phi) is 5.72. The smallest absolute Gasteiger partial charge is 0.265 e. The molecule has 2 fully saturated rings. The molecule has 1 aliphatic carbocycles. The number of hydrogen-bond donors (Lipinski definition) is 2. The summed E-state index contributed by atoms with van der Waals surface area (Å²) in [7, 11) is -4.06. The number of aromatic nitrogens is 2. The van der Waals surface area contributed by atoms with Crippen LogP contribution in [0.2, 0.25) is 0 Å². The van der Waals surface area contributed by atoms with Gasteiger partial charge < -0.3 is 9.47 Å². The molecule has 0 bridgehead atoms. The summed E-state index contributed by atoms with van der Waals surface area (Å²) >= 11 is 0. The molecule has 1 saturated carbocycles. The molecule has 0 unspecified atom stereocenters. The number of carbonyl (C=O) groups excluding carboxylic acids is 1. The van der Waals surface area contributed by atoms with Gasteiger partial charge in [0.15, 0.2) is 14.6 Å². The minimum atomic E-state index is -4.06. The number of sulfone groups is 1. The highest BCUT2D eigenvalue weighted by Gasteiger charge is 2.52. The average Bonchev–Trinajstić information content (AvgIpc) is 3.62. The van der Waals surface area contributed by atoms with Crippen LogP contribution in [0, 0.1) is 5.92 Å². The summed E-state index contributed by atoms with van der Waals surface area (Å²) in [6.45, 7) is 0.889. The Bertz CT molecular complexity index is 998. The zero-order valence-electron chi connectivity index (χ0n) is 16.3. The van der Waals surface area contributed by atoms with Gasteiger partial charge in [0.25, 0.3) is 5.91 Å². The van der Waals surface area contributed by atoms with Crippen molar-refractivity contribution < 1.29 is 27.9 Å². The second kappa shape index (κ2) is 8.29. The number of ether oxygens (including phenoxy) is 2. The Morgan fingerprint density at radius 2 is 1.87 bits per heavy atom. The highest BCUT2D eigenvalue weighted by atomic mass is 32.2. The average molecular weight is 433 g/mol. The normalized spacial score (nSPS) is 18.6. The van der Waals surface area contributed by atoms with Gasteiger partial charge in [-0.15, -0.1) is 0 Å². The number of amides is 1. The topological polar surface area (TPSA) is 128 Å². The van der Waals surface area contributed by atoms with E-state index >= 15 is 0 Å². The molecule has 30 heavy (non-hydrogen) atoms. The fourth-order valence-corrected chi connectivity index (χ4v) is 5.42. The minimum absolute atomic E-state index is 0.00547. The third kappa shape index (κ3) is 3.90. The van der Waals surface area contributed by atoms with Crippen LogP contribution in [-0.2, 0) is 19.4 Å². The number of hydrogen-bond acceptors (Lipinski definition) is 8. The van der Waals surface area contributed by atoms with E-state index in [1.807, 2.05) is 0 Å². The quantitative estimate of drug-likeness (QED) is 0.499. The van der Waals surface area contributed by atoms with Crippen molar-refractivity contribution in [2.75, 3.05) is 19.8 Å². The van der Waals surface area contributed by atoms with Crippen LogP contribution in [0.3, 0.4) is 0 Å². The summed E-state index contributed by atoms with van der Waals surface area (Å²) in [5.74, 6) is 0.136. The number of hydroxylamine groups is 1. The first kappa shape index (κ1) is 20.7. The Morgan fingerprint density at radius 1 is 1.17 bits per heavy atom. The zero-order chi connectivity index (χ0) is 21.2. The van der Waals surface area contributed by atoms with Crippen LogP contribution in [0.4, 0.5) is 0 Å². The Hall–Kier alpha value is -2.56. The van der Waals surface area contributed by atoms with Gasteiger partial charge in [-0.1, -0.05) is 12.1 Å². The van der Waals surface area contributed by atoms with Crippen molar-refractivity contribution in [3.8, 4) is 17.1 Å². The van der Waals surface area contributed by atoms with Crippen molar-refractivity contribution in [2.24, 2.45) is 5.92 Å². The Balaban J connectivity index is 1.55. The second-order valence-corrected chi connectivity index (χ2v) is 9.83. The lowest BCUT2D eigenvalue weighted by Crippen LogP contribution is -2.54. The molecule has 1 saturated heterocycles. The highest BCUT2D eigenvalue weighted by Crippen LogP contribution is 2.36. The number of rotatable bonds is 7. The van der Waals surface area contributed by atoms with Crippen LogP contribution in [0.25, 0.3) is 11.3 Å². The van der Waals surface area contributed by atoms with E-state index in [0.29, 0.717) is 29.7 Å². The summed E-state index contributed by atoms with van der Waals surface area (Å²) in [5, 5.41) is 9.12. The van der Waals surface area contributed by atoms with E-state index in [9.17, 15) is 13.2 Å². The van der Waals surface area contributed by atoms with Crippen LogP contribution >= 0.6 is 0 Å². The number of carbonyl (C=O) groups is 1. The molecule has 0 spiro atoms. The first-order valence-corrected chi connectivity index (χ1v) is 11.3. The lowest BCUT2D eigenvalue weighted by Gasteiger charge is -2.34. The lowest BCUT2D eigenvalue weighted by atomic mass is 9.98. The summed E-state index contributed by atoms with van der Waals surface area (Å²) < 4.78 is 35.6. The molecule has 1 aliphatic heterocycles. The monoisotopic (exact) mass is 433 g/mol. The molecule has 2 heterocycles. The lowest BCUT2D eigenvalue weighted by molar-refractivity contribution is -0.134. The SMILES string of the molecule is O=C(NO)C1(S(=O)(=O)c2ccc(-c3cnc(OCC4CC4)cn3)cc2)CCOCC1. The van der Waals surface area contributed by atoms with Crippen LogP contribution in [0.5, 0.6) is 5.88 Å². The fourth-order valence-electron chi connectivity index (χ4n) is 3.48. The van der Waals surface area contributed by atoms with Gasteiger partial charge in [0, 0.05) is 18.8 Å². The molecule has 2 aliphatic rings. The van der Waals surface area contributed by atoms with Gasteiger partial charge in [-0.3, -0.25) is 10.0 Å². The van der Waals surface area contributed by atoms with Gasteiger partial charge in [0.05, 0.1) is 29.6 Å². The van der Waals surface area contributed by atoms with Gasteiger partial charge in [0.1, 0.15) is 0 Å². The zero-order valence-corrected chi connectivity index (χ0v) is 17.1. The molecule has 2 aromatic rings. The molecular formula is C20H23N3O6S. The molecule has 0 radical (unpaired) electrons. The van der Waals surface area contributed by atoms with Crippen LogP contribution in [-0.4, -0.2) is 54.1 Å². The molecule has 4 rings (SSSR count). The maximum Gasteiger partial charge on any atom is 0.265 e. The van der Waals surface area contributed by atoms with Crippen molar-refractivity contribution in [2.45, 2.75) is 35.3 Å². The summed E-state index contributed by atoms with van der Waals surface area (Å²) in [5.41, 5.74) is 2.77. The van der Waals surface area contributed by atoms with Crippen molar-refractivity contribution in [3.05, 3.63) is 36.7 Å². The highest BCUT2D eigenvalue weighted by molar-refractivity contribution is 7.93. The molecule has 1 amide bonds.